The number of halogens is 3. The van der Waals surface area contributed by atoms with Gasteiger partial charge >= 0.3 is 0 Å². The van der Waals surface area contributed by atoms with Gasteiger partial charge in [-0.2, -0.15) is 5.10 Å². The first-order chi connectivity index (χ1) is 9.55. The predicted octanol–water partition coefficient (Wildman–Crippen LogP) is 3.34. The highest BCUT2D eigenvalue weighted by Gasteiger charge is 2.18. The Morgan fingerprint density at radius 2 is 2.10 bits per heavy atom. The van der Waals surface area contributed by atoms with E-state index < -0.39 is 11.6 Å². The van der Waals surface area contributed by atoms with Crippen molar-refractivity contribution in [3.8, 4) is 0 Å². The van der Waals surface area contributed by atoms with E-state index in [1.807, 2.05) is 13.1 Å². The van der Waals surface area contributed by atoms with Crippen LogP contribution in [-0.2, 0) is 13.0 Å². The monoisotopic (exact) mass is 299 g/mol. The van der Waals surface area contributed by atoms with Crippen molar-refractivity contribution in [2.24, 2.45) is 0 Å². The van der Waals surface area contributed by atoms with Gasteiger partial charge in [-0.3, -0.25) is 4.68 Å². The zero-order valence-electron chi connectivity index (χ0n) is 11.3. The molecule has 1 aromatic carbocycles. The van der Waals surface area contributed by atoms with Crippen molar-refractivity contribution in [3.63, 3.8) is 0 Å². The van der Waals surface area contributed by atoms with Crippen LogP contribution in [0.1, 0.15) is 24.1 Å². The molecule has 3 nitrogen and oxygen atoms in total. The normalized spacial score (nSPS) is 12.7. The van der Waals surface area contributed by atoms with Crippen molar-refractivity contribution in [1.82, 2.24) is 15.1 Å². The third-order valence-electron chi connectivity index (χ3n) is 3.21. The molecule has 2 rings (SSSR count). The molecular formula is C14H16ClF2N3. The van der Waals surface area contributed by atoms with E-state index in [2.05, 4.69) is 10.4 Å². The first kappa shape index (κ1) is 14.9. The summed E-state index contributed by atoms with van der Waals surface area (Å²) in [6.07, 6.45) is 4.15. The molecule has 0 fully saturated rings. The second-order valence-electron chi connectivity index (χ2n) is 4.54. The van der Waals surface area contributed by atoms with Gasteiger partial charge < -0.3 is 5.32 Å². The maximum absolute atomic E-state index is 13.9. The molecule has 0 amide bonds. The molecule has 0 aliphatic carbocycles. The van der Waals surface area contributed by atoms with Crippen LogP contribution in [-0.4, -0.2) is 16.8 Å². The second kappa shape index (κ2) is 6.33. The van der Waals surface area contributed by atoms with Gasteiger partial charge in [0.1, 0.15) is 11.6 Å². The Balaban J connectivity index is 2.26. The number of nitrogens with zero attached hydrogens (tertiary/aromatic N) is 2. The molecule has 0 aliphatic rings. The summed E-state index contributed by atoms with van der Waals surface area (Å²) in [4.78, 5) is 0. The van der Waals surface area contributed by atoms with Gasteiger partial charge in [0.2, 0.25) is 0 Å². The summed E-state index contributed by atoms with van der Waals surface area (Å²) in [5.41, 5.74) is 1.22. The van der Waals surface area contributed by atoms with Crippen molar-refractivity contribution in [2.45, 2.75) is 25.9 Å². The van der Waals surface area contributed by atoms with Crippen LogP contribution in [0.15, 0.2) is 24.5 Å². The number of hydrogen-bond acceptors (Lipinski definition) is 2. The van der Waals surface area contributed by atoms with Gasteiger partial charge in [0, 0.05) is 24.3 Å². The van der Waals surface area contributed by atoms with Crippen LogP contribution < -0.4 is 5.32 Å². The summed E-state index contributed by atoms with van der Waals surface area (Å²) in [6, 6.07) is 1.81. The quantitative estimate of drug-likeness (QED) is 0.858. The summed E-state index contributed by atoms with van der Waals surface area (Å²) in [5.74, 6) is -1.13. The molecule has 1 heterocycles. The Hall–Kier alpha value is -1.46. The molecule has 0 saturated carbocycles. The molecule has 0 bridgehead atoms. The van der Waals surface area contributed by atoms with E-state index >= 15 is 0 Å². The van der Waals surface area contributed by atoms with Crippen LogP contribution in [0.4, 0.5) is 8.78 Å². The summed E-state index contributed by atoms with van der Waals surface area (Å²) >= 11 is 5.57. The van der Waals surface area contributed by atoms with Crippen LogP contribution in [0.3, 0.4) is 0 Å². The van der Waals surface area contributed by atoms with Crippen molar-refractivity contribution >= 4 is 11.6 Å². The molecule has 0 radical (unpaired) electrons. The third kappa shape index (κ3) is 3.16. The number of nitrogens with one attached hydrogen (secondary N) is 1. The highest BCUT2D eigenvalue weighted by molar-refractivity contribution is 6.30. The number of aryl methyl sites for hydroxylation is 1. The van der Waals surface area contributed by atoms with Crippen molar-refractivity contribution < 1.29 is 8.78 Å². The lowest BCUT2D eigenvalue weighted by molar-refractivity contribution is 0.523. The van der Waals surface area contributed by atoms with Gasteiger partial charge in [0.15, 0.2) is 0 Å². The van der Waals surface area contributed by atoms with E-state index in [0.717, 1.165) is 24.2 Å². The Labute approximate surface area is 121 Å². The zero-order valence-corrected chi connectivity index (χ0v) is 12.1. The average Bonchev–Trinajstić information content (AvgIpc) is 2.88. The molecule has 108 valence electrons. The molecule has 1 aromatic heterocycles. The highest BCUT2D eigenvalue weighted by Crippen LogP contribution is 2.26. The van der Waals surface area contributed by atoms with Gasteiger partial charge in [-0.25, -0.2) is 8.78 Å². The smallest absolute Gasteiger partial charge is 0.142 e. The van der Waals surface area contributed by atoms with E-state index in [4.69, 9.17) is 11.6 Å². The van der Waals surface area contributed by atoms with E-state index in [9.17, 15) is 8.78 Å². The summed E-state index contributed by atoms with van der Waals surface area (Å²) < 4.78 is 29.2. The zero-order chi connectivity index (χ0) is 14.7. The Kier molecular flexibility index (Phi) is 4.73. The maximum Gasteiger partial charge on any atom is 0.142 e. The largest absolute Gasteiger partial charge is 0.313 e. The van der Waals surface area contributed by atoms with Crippen LogP contribution in [0, 0.1) is 11.6 Å². The van der Waals surface area contributed by atoms with Crippen LogP contribution in [0.5, 0.6) is 0 Å². The standard InChI is InChI=1S/C14H16ClF2N3/c1-3-20-8-9(7-19-20)4-14(18-2)10-5-13(17)11(15)6-12(10)16/h5-8,14,18H,3-4H2,1-2H3. The lowest BCUT2D eigenvalue weighted by atomic mass is 10.00. The first-order valence-electron chi connectivity index (χ1n) is 6.38. The third-order valence-corrected chi connectivity index (χ3v) is 3.50. The lowest BCUT2D eigenvalue weighted by Gasteiger charge is -2.17. The minimum Gasteiger partial charge on any atom is -0.313 e. The summed E-state index contributed by atoms with van der Waals surface area (Å²) in [6.45, 7) is 2.76. The van der Waals surface area contributed by atoms with Gasteiger partial charge in [0.05, 0.1) is 11.2 Å². The molecule has 0 aliphatic heterocycles. The second-order valence-corrected chi connectivity index (χ2v) is 4.94. The molecule has 2 aromatic rings. The number of aromatic nitrogens is 2. The van der Waals surface area contributed by atoms with E-state index in [1.54, 1.807) is 17.9 Å². The number of benzene rings is 1. The van der Waals surface area contributed by atoms with Gasteiger partial charge in [0.25, 0.3) is 0 Å². The van der Waals surface area contributed by atoms with Gasteiger partial charge in [-0.05, 0) is 38.1 Å². The molecule has 0 spiro atoms. The van der Waals surface area contributed by atoms with Crippen molar-refractivity contribution in [1.29, 1.82) is 0 Å². The SMILES string of the molecule is CCn1cc(CC(NC)c2cc(F)c(Cl)cc2F)cn1. The fraction of sp³-hybridized carbons (Fsp3) is 0.357. The van der Waals surface area contributed by atoms with Crippen molar-refractivity contribution in [2.75, 3.05) is 7.05 Å². The number of rotatable bonds is 5. The van der Waals surface area contributed by atoms with Crippen LogP contribution in [0.2, 0.25) is 5.02 Å². The molecule has 0 saturated heterocycles. The van der Waals surface area contributed by atoms with Crippen LogP contribution in [0.25, 0.3) is 0 Å². The molecule has 1 unspecified atom stereocenters. The minimum absolute atomic E-state index is 0.208. The van der Waals surface area contributed by atoms with Crippen LogP contribution >= 0.6 is 11.6 Å². The summed E-state index contributed by atoms with van der Waals surface area (Å²) in [7, 11) is 1.71. The maximum atomic E-state index is 13.9. The Morgan fingerprint density at radius 1 is 1.35 bits per heavy atom. The van der Waals surface area contributed by atoms with E-state index in [-0.39, 0.29) is 16.6 Å². The Morgan fingerprint density at radius 3 is 2.70 bits per heavy atom. The summed E-state index contributed by atoms with van der Waals surface area (Å²) in [5, 5.41) is 6.96. The number of likely N-dealkylation sites (N-methyl/N-ethyl adjacent to an activating group) is 1. The molecule has 1 N–H and O–H groups in total. The Bertz CT molecular complexity index is 598. The first-order valence-corrected chi connectivity index (χ1v) is 6.76. The predicted molar refractivity (Wildman–Crippen MR) is 74.8 cm³/mol. The van der Waals surface area contributed by atoms with Gasteiger partial charge in [-0.1, -0.05) is 11.6 Å². The fourth-order valence-corrected chi connectivity index (χ4v) is 2.24. The lowest BCUT2D eigenvalue weighted by Crippen LogP contribution is -2.20. The highest BCUT2D eigenvalue weighted by atomic mass is 35.5. The van der Waals surface area contributed by atoms with Crippen molar-refractivity contribution in [3.05, 3.63) is 52.3 Å². The molecular weight excluding hydrogens is 284 g/mol. The molecule has 20 heavy (non-hydrogen) atoms. The topological polar surface area (TPSA) is 29.9 Å². The van der Waals surface area contributed by atoms with Gasteiger partial charge in [-0.15, -0.1) is 0 Å². The molecule has 1 atom stereocenters. The van der Waals surface area contributed by atoms with E-state index in [1.165, 1.54) is 0 Å². The fourth-order valence-electron chi connectivity index (χ4n) is 2.09. The van der Waals surface area contributed by atoms with E-state index in [0.29, 0.717) is 6.42 Å². The molecule has 6 heteroatoms. The average molecular weight is 300 g/mol. The minimum atomic E-state index is -0.618. The number of hydrogen-bond donors (Lipinski definition) is 1.